The molecular formula is C20H21F3O9S. The number of halogens is 3. The molecule has 1 fully saturated rings. The van der Waals surface area contributed by atoms with Crippen molar-refractivity contribution >= 4 is 22.1 Å². The number of hydrogen-bond acceptors (Lipinski definition) is 8. The monoisotopic (exact) mass is 494 g/mol. The van der Waals surface area contributed by atoms with Crippen molar-refractivity contribution in [2.24, 2.45) is 5.92 Å². The van der Waals surface area contributed by atoms with Gasteiger partial charge in [-0.2, -0.15) is 21.6 Å². The van der Waals surface area contributed by atoms with Crippen LogP contribution in [0.25, 0.3) is 0 Å². The lowest BCUT2D eigenvalue weighted by molar-refractivity contribution is -0.138. The first-order valence-corrected chi connectivity index (χ1v) is 11.2. The van der Waals surface area contributed by atoms with Gasteiger partial charge in [0.05, 0.1) is 26.7 Å². The molecular weight excluding hydrogens is 473 g/mol. The maximum Gasteiger partial charge on any atom is 0.534 e. The molecule has 0 spiro atoms. The Bertz CT molecular complexity index is 1110. The maximum atomic E-state index is 13.1. The standard InChI is InChI=1S/C20H21F3O9S/c1-10-14-9-31-19(26)16(14)18(32-33(27,28)20(21,22)23)13(17(10)29-2)4-3-11-5-6-30-8-12(11)7-15(24)25/h3,12H,4-9H2,1-2H3,(H,24,25)/b11-3+. The molecule has 1 N–H and O–H groups in total. The number of esters is 1. The molecule has 1 atom stereocenters. The number of carboxylic acid groups (broad SMARTS) is 1. The second-order valence-corrected chi connectivity index (χ2v) is 9.02. The van der Waals surface area contributed by atoms with Crippen LogP contribution in [0.1, 0.15) is 39.9 Å². The molecule has 2 aliphatic rings. The van der Waals surface area contributed by atoms with Gasteiger partial charge in [0, 0.05) is 17.0 Å². The van der Waals surface area contributed by atoms with E-state index in [4.69, 9.17) is 19.3 Å². The molecule has 1 aromatic rings. The third-order valence-corrected chi connectivity index (χ3v) is 6.42. The highest BCUT2D eigenvalue weighted by molar-refractivity contribution is 7.88. The molecule has 0 aliphatic carbocycles. The SMILES string of the molecule is COc1c(C)c2c(c(OS(=O)(=O)C(F)(F)F)c1C/C=C1\CCOCC1CC(=O)O)C(=O)OC2. The number of carboxylic acids is 1. The molecule has 9 nitrogen and oxygen atoms in total. The number of benzene rings is 1. The molecule has 1 unspecified atom stereocenters. The fourth-order valence-electron chi connectivity index (χ4n) is 3.89. The Hall–Kier alpha value is -2.80. The van der Waals surface area contributed by atoms with Crippen LogP contribution >= 0.6 is 0 Å². The number of cyclic esters (lactones) is 1. The normalized spacial score (nSPS) is 19.8. The van der Waals surface area contributed by atoms with Gasteiger partial charge in [-0.25, -0.2) is 4.79 Å². The Kier molecular flexibility index (Phi) is 6.93. The van der Waals surface area contributed by atoms with E-state index in [0.717, 1.165) is 0 Å². The van der Waals surface area contributed by atoms with Crippen LogP contribution < -0.4 is 8.92 Å². The number of fused-ring (bicyclic) bond motifs is 1. The highest BCUT2D eigenvalue weighted by Gasteiger charge is 2.50. The molecule has 2 heterocycles. The summed E-state index contributed by atoms with van der Waals surface area (Å²) in [6.07, 6.45) is 1.56. The minimum absolute atomic E-state index is 0.0399. The van der Waals surface area contributed by atoms with E-state index < -0.39 is 44.8 Å². The van der Waals surface area contributed by atoms with Crippen LogP contribution in [-0.4, -0.2) is 51.3 Å². The molecule has 33 heavy (non-hydrogen) atoms. The predicted molar refractivity (Wildman–Crippen MR) is 105 cm³/mol. The first kappa shape index (κ1) is 24.8. The average Bonchev–Trinajstić information content (AvgIpc) is 3.10. The predicted octanol–water partition coefficient (Wildman–Crippen LogP) is 2.88. The van der Waals surface area contributed by atoms with Crippen LogP contribution in [-0.2, 0) is 37.4 Å². The van der Waals surface area contributed by atoms with E-state index in [9.17, 15) is 31.2 Å². The van der Waals surface area contributed by atoms with Crippen LogP contribution in [0.15, 0.2) is 11.6 Å². The van der Waals surface area contributed by atoms with E-state index >= 15 is 0 Å². The van der Waals surface area contributed by atoms with Gasteiger partial charge in [0.15, 0.2) is 5.75 Å². The van der Waals surface area contributed by atoms with Crippen molar-refractivity contribution in [3.8, 4) is 11.5 Å². The molecule has 0 saturated carbocycles. The number of hydrogen-bond donors (Lipinski definition) is 1. The Labute approximate surface area is 187 Å². The molecule has 3 rings (SSSR count). The van der Waals surface area contributed by atoms with Crippen molar-refractivity contribution in [3.63, 3.8) is 0 Å². The van der Waals surface area contributed by atoms with Gasteiger partial charge in [0.25, 0.3) is 0 Å². The molecule has 0 amide bonds. The fraction of sp³-hybridized carbons (Fsp3) is 0.500. The Morgan fingerprint density at radius 1 is 1.30 bits per heavy atom. The smallest absolute Gasteiger partial charge is 0.496 e. The zero-order valence-corrected chi connectivity index (χ0v) is 18.5. The van der Waals surface area contributed by atoms with E-state index in [1.807, 2.05) is 0 Å². The van der Waals surface area contributed by atoms with Crippen molar-refractivity contribution in [1.29, 1.82) is 0 Å². The quantitative estimate of drug-likeness (QED) is 0.264. The second-order valence-electron chi connectivity index (χ2n) is 7.48. The van der Waals surface area contributed by atoms with E-state index in [1.54, 1.807) is 13.0 Å². The van der Waals surface area contributed by atoms with Crippen molar-refractivity contribution < 1.29 is 54.7 Å². The molecule has 0 bridgehead atoms. The van der Waals surface area contributed by atoms with E-state index in [2.05, 4.69) is 4.18 Å². The zero-order valence-electron chi connectivity index (χ0n) is 17.7. The van der Waals surface area contributed by atoms with E-state index in [-0.39, 0.29) is 42.9 Å². The third-order valence-electron chi connectivity index (χ3n) is 5.47. The number of allylic oxidation sites excluding steroid dienone is 1. The van der Waals surface area contributed by atoms with Crippen LogP contribution in [0, 0.1) is 12.8 Å². The van der Waals surface area contributed by atoms with Gasteiger partial charge in [-0.3, -0.25) is 4.79 Å². The Morgan fingerprint density at radius 3 is 2.61 bits per heavy atom. The summed E-state index contributed by atoms with van der Waals surface area (Å²) in [6.45, 7) is 1.75. The third kappa shape index (κ3) is 4.93. The van der Waals surface area contributed by atoms with Gasteiger partial charge in [-0.1, -0.05) is 11.6 Å². The van der Waals surface area contributed by atoms with Gasteiger partial charge in [0.1, 0.15) is 17.9 Å². The number of aliphatic carboxylic acids is 1. The maximum absolute atomic E-state index is 13.1. The highest BCUT2D eigenvalue weighted by Crippen LogP contribution is 2.44. The molecule has 0 radical (unpaired) electrons. The first-order valence-electron chi connectivity index (χ1n) is 9.76. The van der Waals surface area contributed by atoms with Gasteiger partial charge in [-0.15, -0.1) is 0 Å². The summed E-state index contributed by atoms with van der Waals surface area (Å²) in [4.78, 5) is 23.4. The van der Waals surface area contributed by atoms with Crippen LogP contribution in [0.2, 0.25) is 0 Å². The minimum Gasteiger partial charge on any atom is -0.496 e. The average molecular weight is 494 g/mol. The summed E-state index contributed by atoms with van der Waals surface area (Å²) in [5.41, 5.74) is -5.02. The number of rotatable bonds is 7. The number of carbonyl (C=O) groups is 2. The molecule has 0 aromatic heterocycles. The topological polar surface area (TPSA) is 125 Å². The number of carbonyl (C=O) groups excluding carboxylic acids is 1. The van der Waals surface area contributed by atoms with Crippen LogP contribution in [0.5, 0.6) is 11.5 Å². The largest absolute Gasteiger partial charge is 0.534 e. The van der Waals surface area contributed by atoms with Crippen LogP contribution in [0.3, 0.4) is 0 Å². The summed E-state index contributed by atoms with van der Waals surface area (Å²) in [5, 5.41) is 9.12. The first-order chi connectivity index (χ1) is 15.4. The zero-order chi connectivity index (χ0) is 24.6. The Morgan fingerprint density at radius 2 is 2.00 bits per heavy atom. The molecule has 1 aromatic carbocycles. The lowest BCUT2D eigenvalue weighted by atomic mass is 9.89. The van der Waals surface area contributed by atoms with E-state index in [0.29, 0.717) is 24.2 Å². The summed E-state index contributed by atoms with van der Waals surface area (Å²) >= 11 is 0. The fourth-order valence-corrected chi connectivity index (χ4v) is 4.39. The number of alkyl halides is 3. The molecule has 1 saturated heterocycles. The molecule has 182 valence electrons. The second kappa shape index (κ2) is 9.21. The van der Waals surface area contributed by atoms with Gasteiger partial charge in [-0.05, 0) is 25.3 Å². The van der Waals surface area contributed by atoms with Gasteiger partial charge in [0.2, 0.25) is 0 Å². The number of ether oxygens (including phenoxy) is 3. The van der Waals surface area contributed by atoms with Crippen LogP contribution in [0.4, 0.5) is 13.2 Å². The minimum atomic E-state index is -6.11. The summed E-state index contributed by atoms with van der Waals surface area (Å²) in [7, 11) is -4.86. The summed E-state index contributed by atoms with van der Waals surface area (Å²) in [5.74, 6) is -3.31. The van der Waals surface area contributed by atoms with Gasteiger partial charge < -0.3 is 23.5 Å². The molecule has 2 aliphatic heterocycles. The lowest BCUT2D eigenvalue weighted by Crippen LogP contribution is -2.29. The summed E-state index contributed by atoms with van der Waals surface area (Å²) in [6, 6.07) is 0. The Balaban J connectivity index is 2.15. The van der Waals surface area contributed by atoms with Crippen molar-refractivity contribution in [1.82, 2.24) is 0 Å². The summed E-state index contributed by atoms with van der Waals surface area (Å²) < 4.78 is 82.8. The molecule has 13 heteroatoms. The lowest BCUT2D eigenvalue weighted by Gasteiger charge is -2.25. The highest BCUT2D eigenvalue weighted by atomic mass is 32.2. The van der Waals surface area contributed by atoms with Crippen molar-refractivity contribution in [2.75, 3.05) is 20.3 Å². The van der Waals surface area contributed by atoms with E-state index in [1.165, 1.54) is 7.11 Å². The van der Waals surface area contributed by atoms with Crippen molar-refractivity contribution in [2.45, 2.75) is 38.3 Å². The number of methoxy groups -OCH3 is 1. The van der Waals surface area contributed by atoms with Crippen molar-refractivity contribution in [3.05, 3.63) is 33.9 Å². The van der Waals surface area contributed by atoms with Gasteiger partial charge >= 0.3 is 27.6 Å².